The number of halogens is 1. The van der Waals surface area contributed by atoms with E-state index in [-0.39, 0.29) is 5.91 Å². The zero-order valence-corrected chi connectivity index (χ0v) is 16.1. The Bertz CT molecular complexity index is 714. The molecule has 1 saturated heterocycles. The molecule has 0 saturated carbocycles. The van der Waals surface area contributed by atoms with Crippen LogP contribution in [0.15, 0.2) is 29.6 Å². The summed E-state index contributed by atoms with van der Waals surface area (Å²) in [6.07, 6.45) is 0.722. The lowest BCUT2D eigenvalue weighted by Gasteiger charge is -2.34. The van der Waals surface area contributed by atoms with E-state index in [1.165, 1.54) is 11.3 Å². The Morgan fingerprint density at radius 3 is 2.65 bits per heavy atom. The SMILES string of the molecule is NCCc1nc(C(=O)N2CCN(CCOc3ccc(Cl)cc3)CC2)cs1. The molecule has 0 radical (unpaired) electrons. The topological polar surface area (TPSA) is 71.7 Å². The van der Waals surface area contributed by atoms with Crippen molar-refractivity contribution in [3.05, 3.63) is 45.4 Å². The zero-order valence-electron chi connectivity index (χ0n) is 14.6. The highest BCUT2D eigenvalue weighted by Crippen LogP contribution is 2.16. The first kappa shape index (κ1) is 19.1. The van der Waals surface area contributed by atoms with Crippen molar-refractivity contribution in [2.24, 2.45) is 5.73 Å². The summed E-state index contributed by atoms with van der Waals surface area (Å²) in [5.74, 6) is 0.835. The van der Waals surface area contributed by atoms with Crippen molar-refractivity contribution < 1.29 is 9.53 Å². The van der Waals surface area contributed by atoms with E-state index in [2.05, 4.69) is 9.88 Å². The van der Waals surface area contributed by atoms with Crippen LogP contribution in [0.25, 0.3) is 0 Å². The minimum absolute atomic E-state index is 0.0154. The molecule has 1 aliphatic heterocycles. The van der Waals surface area contributed by atoms with Gasteiger partial charge in [-0.2, -0.15) is 0 Å². The molecule has 2 aromatic rings. The smallest absolute Gasteiger partial charge is 0.273 e. The standard InChI is InChI=1S/C18H23ClN4O2S/c19-14-1-3-15(4-2-14)25-12-11-22-7-9-23(10-8-22)18(24)16-13-26-17(21-16)5-6-20/h1-4,13H,5-12,20H2. The summed E-state index contributed by atoms with van der Waals surface area (Å²) in [5.41, 5.74) is 6.08. The third-order valence-electron chi connectivity index (χ3n) is 4.28. The summed E-state index contributed by atoms with van der Waals surface area (Å²) in [6.45, 7) is 5.11. The van der Waals surface area contributed by atoms with E-state index in [4.69, 9.17) is 22.1 Å². The third kappa shape index (κ3) is 5.17. The van der Waals surface area contributed by atoms with Crippen molar-refractivity contribution >= 4 is 28.8 Å². The Hall–Kier alpha value is -1.67. The number of carbonyl (C=O) groups excluding carboxylic acids is 1. The highest BCUT2D eigenvalue weighted by molar-refractivity contribution is 7.09. The van der Waals surface area contributed by atoms with E-state index < -0.39 is 0 Å². The quantitative estimate of drug-likeness (QED) is 0.778. The van der Waals surface area contributed by atoms with Crippen molar-refractivity contribution in [1.82, 2.24) is 14.8 Å². The minimum atomic E-state index is 0.0154. The highest BCUT2D eigenvalue weighted by Gasteiger charge is 2.23. The van der Waals surface area contributed by atoms with Crippen LogP contribution in [-0.2, 0) is 6.42 Å². The second kappa shape index (κ2) is 9.32. The Morgan fingerprint density at radius 2 is 1.96 bits per heavy atom. The number of carbonyl (C=O) groups is 1. The van der Waals surface area contributed by atoms with Gasteiger partial charge < -0.3 is 15.4 Å². The van der Waals surface area contributed by atoms with Gasteiger partial charge >= 0.3 is 0 Å². The Balaban J connectivity index is 1.40. The fourth-order valence-corrected chi connectivity index (χ4v) is 3.72. The van der Waals surface area contributed by atoms with Crippen LogP contribution in [-0.4, -0.2) is 66.6 Å². The van der Waals surface area contributed by atoms with Gasteiger partial charge in [0.15, 0.2) is 0 Å². The van der Waals surface area contributed by atoms with Crippen molar-refractivity contribution in [1.29, 1.82) is 0 Å². The first-order valence-corrected chi connectivity index (χ1v) is 9.96. The largest absolute Gasteiger partial charge is 0.492 e. The third-order valence-corrected chi connectivity index (χ3v) is 5.44. The maximum Gasteiger partial charge on any atom is 0.273 e. The van der Waals surface area contributed by atoms with Crippen LogP contribution >= 0.6 is 22.9 Å². The van der Waals surface area contributed by atoms with E-state index in [1.54, 1.807) is 0 Å². The number of piperazine rings is 1. The number of benzene rings is 1. The number of nitrogens with two attached hydrogens (primary N) is 1. The van der Waals surface area contributed by atoms with Crippen molar-refractivity contribution in [3.63, 3.8) is 0 Å². The molecular formula is C18H23ClN4O2S. The summed E-state index contributed by atoms with van der Waals surface area (Å²) < 4.78 is 5.73. The number of rotatable bonds is 7. The molecule has 1 amide bonds. The molecule has 0 atom stereocenters. The van der Waals surface area contributed by atoms with Gasteiger partial charge in [0, 0.05) is 49.5 Å². The van der Waals surface area contributed by atoms with Crippen molar-refractivity contribution in [2.45, 2.75) is 6.42 Å². The van der Waals surface area contributed by atoms with Crippen molar-refractivity contribution in [3.8, 4) is 5.75 Å². The second-order valence-corrected chi connectivity index (χ2v) is 7.48. The summed E-state index contributed by atoms with van der Waals surface area (Å²) in [6, 6.07) is 7.37. The van der Waals surface area contributed by atoms with Gasteiger partial charge in [-0.1, -0.05) is 11.6 Å². The van der Waals surface area contributed by atoms with Gasteiger partial charge in [-0.05, 0) is 30.8 Å². The van der Waals surface area contributed by atoms with Crippen molar-refractivity contribution in [2.75, 3.05) is 45.9 Å². The van der Waals surface area contributed by atoms with Gasteiger partial charge in [0.05, 0.1) is 5.01 Å². The van der Waals surface area contributed by atoms with Gasteiger partial charge in [-0.25, -0.2) is 4.98 Å². The van der Waals surface area contributed by atoms with Gasteiger partial charge in [0.25, 0.3) is 5.91 Å². The predicted octanol–water partition coefficient (Wildman–Crippen LogP) is 2.13. The monoisotopic (exact) mass is 394 g/mol. The second-order valence-electron chi connectivity index (χ2n) is 6.10. The van der Waals surface area contributed by atoms with Gasteiger partial charge in [-0.3, -0.25) is 9.69 Å². The summed E-state index contributed by atoms with van der Waals surface area (Å²) >= 11 is 7.37. The predicted molar refractivity (Wildman–Crippen MR) is 104 cm³/mol. The summed E-state index contributed by atoms with van der Waals surface area (Å²) in [5, 5.41) is 3.46. The number of hydrogen-bond acceptors (Lipinski definition) is 6. The van der Waals surface area contributed by atoms with Crippen LogP contribution in [0.3, 0.4) is 0 Å². The van der Waals surface area contributed by atoms with E-state index in [9.17, 15) is 4.79 Å². The summed E-state index contributed by atoms with van der Waals surface area (Å²) in [7, 11) is 0. The molecule has 8 heteroatoms. The minimum Gasteiger partial charge on any atom is -0.492 e. The van der Waals surface area contributed by atoms with Crippen LogP contribution < -0.4 is 10.5 Å². The molecule has 1 aromatic heterocycles. The lowest BCUT2D eigenvalue weighted by molar-refractivity contribution is 0.0615. The van der Waals surface area contributed by atoms with E-state index in [0.29, 0.717) is 37.0 Å². The zero-order chi connectivity index (χ0) is 18.4. The molecule has 26 heavy (non-hydrogen) atoms. The average molecular weight is 395 g/mol. The first-order chi connectivity index (χ1) is 12.7. The van der Waals surface area contributed by atoms with E-state index >= 15 is 0 Å². The Morgan fingerprint density at radius 1 is 1.23 bits per heavy atom. The number of thiazole rings is 1. The van der Waals surface area contributed by atoms with Gasteiger partial charge in [-0.15, -0.1) is 11.3 Å². The Labute approximate surface area is 162 Å². The molecule has 0 spiro atoms. The Kier molecular flexibility index (Phi) is 6.85. The van der Waals surface area contributed by atoms with Gasteiger partial charge in [0.1, 0.15) is 18.1 Å². The number of ether oxygens (including phenoxy) is 1. The molecule has 6 nitrogen and oxygen atoms in total. The molecule has 3 rings (SSSR count). The average Bonchev–Trinajstić information content (AvgIpc) is 3.12. The molecule has 0 aliphatic carbocycles. The molecule has 2 N–H and O–H groups in total. The van der Waals surface area contributed by atoms with E-state index in [1.807, 2.05) is 34.5 Å². The number of hydrogen-bond donors (Lipinski definition) is 1. The molecule has 2 heterocycles. The molecular weight excluding hydrogens is 372 g/mol. The summed E-state index contributed by atoms with van der Waals surface area (Å²) in [4.78, 5) is 21.1. The van der Waals surface area contributed by atoms with Gasteiger partial charge in [0.2, 0.25) is 0 Å². The lowest BCUT2D eigenvalue weighted by Crippen LogP contribution is -2.49. The molecule has 1 aliphatic rings. The molecule has 1 fully saturated rings. The molecule has 0 bridgehead atoms. The maximum atomic E-state index is 12.5. The molecule has 140 valence electrons. The van der Waals surface area contributed by atoms with Crippen LogP contribution in [0, 0.1) is 0 Å². The molecule has 1 aromatic carbocycles. The number of aromatic nitrogens is 1. The number of amides is 1. The normalized spacial score (nSPS) is 15.2. The van der Waals surface area contributed by atoms with Crippen LogP contribution in [0.1, 0.15) is 15.5 Å². The fourth-order valence-electron chi connectivity index (χ4n) is 2.81. The lowest BCUT2D eigenvalue weighted by atomic mass is 10.3. The van der Waals surface area contributed by atoms with E-state index in [0.717, 1.165) is 36.8 Å². The number of nitrogens with zero attached hydrogens (tertiary/aromatic N) is 3. The fraction of sp³-hybridized carbons (Fsp3) is 0.444. The molecule has 0 unspecified atom stereocenters. The van der Waals surface area contributed by atoms with Crippen LogP contribution in [0.4, 0.5) is 0 Å². The first-order valence-electron chi connectivity index (χ1n) is 8.70. The van der Waals surface area contributed by atoms with Crippen LogP contribution in [0.5, 0.6) is 5.75 Å². The highest BCUT2D eigenvalue weighted by atomic mass is 35.5. The van der Waals surface area contributed by atoms with Crippen LogP contribution in [0.2, 0.25) is 5.02 Å². The maximum absolute atomic E-state index is 12.5.